The number of rotatable bonds is 5. The van der Waals surface area contributed by atoms with E-state index in [2.05, 4.69) is 22.2 Å². The molecule has 2 aliphatic rings. The predicted octanol–water partition coefficient (Wildman–Crippen LogP) is 2.33. The van der Waals surface area contributed by atoms with Crippen molar-refractivity contribution < 1.29 is 13.2 Å². The summed E-state index contributed by atoms with van der Waals surface area (Å²) in [6.45, 7) is 6.02. The first kappa shape index (κ1) is 17.0. The largest absolute Gasteiger partial charge is 0.393 e. The Hall–Kier alpha value is -0.330. The monoisotopic (exact) mass is 307 g/mol. The van der Waals surface area contributed by atoms with Crippen molar-refractivity contribution in [2.24, 2.45) is 5.92 Å². The van der Waals surface area contributed by atoms with Crippen LogP contribution >= 0.6 is 0 Å². The second-order valence-electron chi connectivity index (χ2n) is 6.49. The fraction of sp³-hybridized carbons (Fsp3) is 1.00. The molecule has 0 radical (unpaired) electrons. The smallest absolute Gasteiger partial charge is 0.313 e. The Labute approximate surface area is 125 Å². The minimum Gasteiger partial charge on any atom is -0.313 e. The molecule has 0 spiro atoms. The number of piperazine rings is 1. The molecule has 1 aliphatic heterocycles. The third-order valence-electron chi connectivity index (χ3n) is 4.84. The van der Waals surface area contributed by atoms with Crippen molar-refractivity contribution >= 4 is 0 Å². The average molecular weight is 307 g/mol. The zero-order valence-electron chi connectivity index (χ0n) is 13.0. The van der Waals surface area contributed by atoms with Gasteiger partial charge in [0.15, 0.2) is 0 Å². The highest BCUT2D eigenvalue weighted by Crippen LogP contribution is 2.37. The molecule has 2 fully saturated rings. The van der Waals surface area contributed by atoms with Gasteiger partial charge >= 0.3 is 6.18 Å². The van der Waals surface area contributed by atoms with Gasteiger partial charge in [0.2, 0.25) is 0 Å². The summed E-state index contributed by atoms with van der Waals surface area (Å²) < 4.78 is 38.9. The molecule has 1 aliphatic carbocycles. The van der Waals surface area contributed by atoms with Crippen LogP contribution in [-0.4, -0.2) is 68.3 Å². The number of nitrogens with zero attached hydrogens (tertiary/aromatic N) is 2. The number of nitrogens with one attached hydrogen (secondary N) is 1. The first-order valence-corrected chi connectivity index (χ1v) is 8.18. The summed E-state index contributed by atoms with van der Waals surface area (Å²) in [5.41, 5.74) is 0. The summed E-state index contributed by atoms with van der Waals surface area (Å²) >= 11 is 0. The van der Waals surface area contributed by atoms with Crippen LogP contribution in [0.1, 0.15) is 32.1 Å². The van der Waals surface area contributed by atoms with Gasteiger partial charge in [-0.3, -0.25) is 0 Å². The van der Waals surface area contributed by atoms with Gasteiger partial charge in [-0.05, 0) is 39.4 Å². The Morgan fingerprint density at radius 3 is 2.38 bits per heavy atom. The van der Waals surface area contributed by atoms with Crippen molar-refractivity contribution in [2.45, 2.75) is 44.3 Å². The second-order valence-corrected chi connectivity index (χ2v) is 6.49. The SMILES string of the molecule is CN1CCN(CCCNC2CCCCC2C(F)(F)F)CC1. The van der Waals surface area contributed by atoms with Crippen LogP contribution in [0.2, 0.25) is 0 Å². The maximum absolute atomic E-state index is 13.0. The minimum absolute atomic E-state index is 0.291. The summed E-state index contributed by atoms with van der Waals surface area (Å²) in [6.07, 6.45) is -0.523. The van der Waals surface area contributed by atoms with E-state index in [-0.39, 0.29) is 6.04 Å². The van der Waals surface area contributed by atoms with E-state index in [1.807, 2.05) is 0 Å². The van der Waals surface area contributed by atoms with Gasteiger partial charge in [0, 0.05) is 32.2 Å². The molecule has 2 atom stereocenters. The van der Waals surface area contributed by atoms with Crippen molar-refractivity contribution in [3.63, 3.8) is 0 Å². The van der Waals surface area contributed by atoms with Gasteiger partial charge in [0.1, 0.15) is 0 Å². The van der Waals surface area contributed by atoms with Crippen LogP contribution in [0.25, 0.3) is 0 Å². The molecule has 0 aromatic rings. The molecule has 1 N–H and O–H groups in total. The van der Waals surface area contributed by atoms with Crippen LogP contribution in [0, 0.1) is 5.92 Å². The van der Waals surface area contributed by atoms with Gasteiger partial charge in [-0.1, -0.05) is 12.8 Å². The van der Waals surface area contributed by atoms with E-state index in [0.29, 0.717) is 25.8 Å². The van der Waals surface area contributed by atoms with Crippen molar-refractivity contribution in [2.75, 3.05) is 46.3 Å². The van der Waals surface area contributed by atoms with Gasteiger partial charge < -0.3 is 15.1 Å². The Bertz CT molecular complexity index is 301. The molecule has 2 rings (SSSR count). The molecule has 0 aromatic carbocycles. The molecule has 0 amide bonds. The highest BCUT2D eigenvalue weighted by atomic mass is 19.4. The van der Waals surface area contributed by atoms with E-state index in [1.54, 1.807) is 0 Å². The number of hydrogen-bond donors (Lipinski definition) is 1. The topological polar surface area (TPSA) is 18.5 Å². The Kier molecular flexibility index (Phi) is 6.32. The third kappa shape index (κ3) is 5.42. The van der Waals surface area contributed by atoms with Gasteiger partial charge in [-0.2, -0.15) is 13.2 Å². The quantitative estimate of drug-likeness (QED) is 0.787. The molecule has 2 unspecified atom stereocenters. The number of hydrogen-bond acceptors (Lipinski definition) is 3. The molecular formula is C15H28F3N3. The van der Waals surface area contributed by atoms with E-state index in [9.17, 15) is 13.2 Å². The summed E-state index contributed by atoms with van der Waals surface area (Å²) in [5, 5.41) is 3.17. The van der Waals surface area contributed by atoms with Crippen LogP contribution < -0.4 is 5.32 Å². The first-order valence-electron chi connectivity index (χ1n) is 8.18. The number of halogens is 3. The Morgan fingerprint density at radius 1 is 1.05 bits per heavy atom. The molecule has 0 bridgehead atoms. The molecule has 1 saturated carbocycles. The highest BCUT2D eigenvalue weighted by Gasteiger charge is 2.45. The maximum Gasteiger partial charge on any atom is 0.393 e. The molecule has 6 heteroatoms. The zero-order chi connectivity index (χ0) is 15.3. The standard InChI is InChI=1S/C15H28F3N3/c1-20-9-11-21(12-10-20)8-4-7-19-14-6-3-2-5-13(14)15(16,17)18/h13-14,19H,2-12H2,1H3. The van der Waals surface area contributed by atoms with Crippen molar-refractivity contribution in [3.8, 4) is 0 Å². The van der Waals surface area contributed by atoms with Crippen LogP contribution in [-0.2, 0) is 0 Å². The predicted molar refractivity (Wildman–Crippen MR) is 78.4 cm³/mol. The lowest BCUT2D eigenvalue weighted by Gasteiger charge is -2.34. The summed E-state index contributed by atoms with van der Waals surface area (Å²) in [7, 11) is 2.12. The molecule has 124 valence electrons. The van der Waals surface area contributed by atoms with Gasteiger partial charge in [-0.15, -0.1) is 0 Å². The van der Waals surface area contributed by atoms with Crippen molar-refractivity contribution in [3.05, 3.63) is 0 Å². The van der Waals surface area contributed by atoms with Crippen LogP contribution in [0.15, 0.2) is 0 Å². The maximum atomic E-state index is 13.0. The summed E-state index contributed by atoms with van der Waals surface area (Å²) in [6, 6.07) is -0.369. The third-order valence-corrected chi connectivity index (χ3v) is 4.84. The second kappa shape index (κ2) is 7.79. The number of alkyl halides is 3. The number of likely N-dealkylation sites (N-methyl/N-ethyl adjacent to an activating group) is 1. The molecular weight excluding hydrogens is 279 g/mol. The lowest BCUT2D eigenvalue weighted by molar-refractivity contribution is -0.188. The summed E-state index contributed by atoms with van der Waals surface area (Å²) in [5.74, 6) is -1.14. The van der Waals surface area contributed by atoms with Crippen molar-refractivity contribution in [1.29, 1.82) is 0 Å². The molecule has 1 saturated heterocycles. The minimum atomic E-state index is -4.05. The van der Waals surface area contributed by atoms with E-state index in [4.69, 9.17) is 0 Å². The van der Waals surface area contributed by atoms with E-state index in [0.717, 1.165) is 45.6 Å². The lowest BCUT2D eigenvalue weighted by Crippen LogP contribution is -2.47. The van der Waals surface area contributed by atoms with Gasteiger partial charge in [-0.25, -0.2) is 0 Å². The van der Waals surface area contributed by atoms with E-state index < -0.39 is 12.1 Å². The molecule has 0 aromatic heterocycles. The molecule has 21 heavy (non-hydrogen) atoms. The fourth-order valence-corrected chi connectivity index (χ4v) is 3.43. The van der Waals surface area contributed by atoms with Crippen molar-refractivity contribution in [1.82, 2.24) is 15.1 Å². The average Bonchev–Trinajstić information content (AvgIpc) is 2.45. The summed E-state index contributed by atoms with van der Waals surface area (Å²) in [4.78, 5) is 4.72. The van der Waals surface area contributed by atoms with Gasteiger partial charge in [0.25, 0.3) is 0 Å². The first-order chi connectivity index (χ1) is 9.97. The van der Waals surface area contributed by atoms with Crippen LogP contribution in [0.5, 0.6) is 0 Å². The van der Waals surface area contributed by atoms with Gasteiger partial charge in [0.05, 0.1) is 5.92 Å². The molecule has 1 heterocycles. The normalized spacial score (nSPS) is 29.7. The Morgan fingerprint density at radius 2 is 1.71 bits per heavy atom. The van der Waals surface area contributed by atoms with E-state index in [1.165, 1.54) is 0 Å². The molecule has 3 nitrogen and oxygen atoms in total. The zero-order valence-corrected chi connectivity index (χ0v) is 13.0. The Balaban J connectivity index is 1.65. The fourth-order valence-electron chi connectivity index (χ4n) is 3.43. The van der Waals surface area contributed by atoms with Crippen LogP contribution in [0.3, 0.4) is 0 Å². The lowest BCUT2D eigenvalue weighted by atomic mass is 9.84. The van der Waals surface area contributed by atoms with Crippen LogP contribution in [0.4, 0.5) is 13.2 Å². The van der Waals surface area contributed by atoms with E-state index >= 15 is 0 Å². The highest BCUT2D eigenvalue weighted by molar-refractivity contribution is 4.85.